The summed E-state index contributed by atoms with van der Waals surface area (Å²) in [5.41, 5.74) is 1.07. The van der Waals surface area contributed by atoms with Crippen LogP contribution >= 0.6 is 15.9 Å². The molecule has 0 N–H and O–H groups in total. The van der Waals surface area contributed by atoms with Crippen molar-refractivity contribution < 1.29 is 4.74 Å². The van der Waals surface area contributed by atoms with E-state index in [0.717, 1.165) is 15.9 Å². The lowest BCUT2D eigenvalue weighted by molar-refractivity contribution is 0.412. The van der Waals surface area contributed by atoms with Gasteiger partial charge in [-0.15, -0.1) is 0 Å². The Hall–Kier alpha value is -1.29. The molecule has 0 aliphatic carbocycles. The predicted octanol–water partition coefficient (Wildman–Crippen LogP) is 2.82. The Balaban J connectivity index is 2.29. The van der Waals surface area contributed by atoms with Crippen molar-refractivity contribution in [3.8, 4) is 5.75 Å². The summed E-state index contributed by atoms with van der Waals surface area (Å²) in [7, 11) is 1.66. The molecule has 0 fully saturated rings. The number of halogens is 1. The summed E-state index contributed by atoms with van der Waals surface area (Å²) in [6.45, 7) is 0.654. The van der Waals surface area contributed by atoms with Gasteiger partial charge in [-0.05, 0) is 34.1 Å². The average Bonchev–Trinajstić information content (AvgIpc) is 2.31. The third-order valence-corrected chi connectivity index (χ3v) is 2.81. The highest BCUT2D eigenvalue weighted by Crippen LogP contribution is 2.30. The van der Waals surface area contributed by atoms with Crippen LogP contribution in [0.1, 0.15) is 0 Å². The smallest absolute Gasteiger partial charge is 0.135 e. The molecule has 1 heterocycles. The van der Waals surface area contributed by atoms with E-state index in [1.54, 1.807) is 13.3 Å². The van der Waals surface area contributed by atoms with Gasteiger partial charge in [-0.1, -0.05) is 0 Å². The largest absolute Gasteiger partial charge is 0.495 e. The Bertz CT molecular complexity index is 415. The highest BCUT2D eigenvalue weighted by molar-refractivity contribution is 9.10. The molecule has 0 aromatic heterocycles. The van der Waals surface area contributed by atoms with Gasteiger partial charge in [-0.25, -0.2) is 0 Å². The molecule has 0 spiro atoms. The van der Waals surface area contributed by atoms with E-state index in [1.165, 1.54) is 0 Å². The van der Waals surface area contributed by atoms with Gasteiger partial charge < -0.3 is 9.64 Å². The first kappa shape index (κ1) is 10.2. The van der Waals surface area contributed by atoms with Crippen LogP contribution in [-0.2, 0) is 0 Å². The van der Waals surface area contributed by atoms with Crippen molar-refractivity contribution in [2.45, 2.75) is 0 Å². The minimum absolute atomic E-state index is 0.654. The van der Waals surface area contributed by atoms with Crippen molar-refractivity contribution in [1.29, 1.82) is 0 Å². The number of aliphatic imine (C=N–C) groups is 1. The number of allylic oxidation sites excluding steroid dienone is 1. The van der Waals surface area contributed by atoms with Gasteiger partial charge in [0.05, 0.1) is 11.6 Å². The van der Waals surface area contributed by atoms with Gasteiger partial charge in [-0.3, -0.25) is 4.99 Å². The second-order valence-electron chi connectivity index (χ2n) is 3.10. The normalized spacial score (nSPS) is 14.4. The first-order valence-corrected chi connectivity index (χ1v) is 5.37. The number of ether oxygens (including phenoxy) is 1. The molecule has 78 valence electrons. The Morgan fingerprint density at radius 1 is 1.47 bits per heavy atom. The van der Waals surface area contributed by atoms with Crippen molar-refractivity contribution in [3.63, 3.8) is 0 Å². The zero-order chi connectivity index (χ0) is 10.7. The molecule has 1 aliphatic rings. The van der Waals surface area contributed by atoms with Crippen LogP contribution in [0.15, 0.2) is 39.9 Å². The van der Waals surface area contributed by atoms with Crippen LogP contribution in [0.2, 0.25) is 0 Å². The molecule has 4 heteroatoms. The zero-order valence-corrected chi connectivity index (χ0v) is 9.94. The van der Waals surface area contributed by atoms with Crippen LogP contribution in [0.4, 0.5) is 5.69 Å². The van der Waals surface area contributed by atoms with Gasteiger partial charge in [0.15, 0.2) is 0 Å². The Kier molecular flexibility index (Phi) is 3.06. The van der Waals surface area contributed by atoms with E-state index in [-0.39, 0.29) is 0 Å². The van der Waals surface area contributed by atoms with E-state index in [9.17, 15) is 0 Å². The molecule has 0 amide bonds. The predicted molar refractivity (Wildman–Crippen MR) is 65.7 cm³/mol. The number of benzene rings is 1. The van der Waals surface area contributed by atoms with Gasteiger partial charge in [0.1, 0.15) is 12.4 Å². The van der Waals surface area contributed by atoms with Crippen LogP contribution in [-0.4, -0.2) is 20.0 Å². The second kappa shape index (κ2) is 4.49. The van der Waals surface area contributed by atoms with Gasteiger partial charge in [-0.2, -0.15) is 0 Å². The molecule has 0 saturated carbocycles. The molecule has 15 heavy (non-hydrogen) atoms. The lowest BCUT2D eigenvalue weighted by Crippen LogP contribution is -2.18. The van der Waals surface area contributed by atoms with Crippen molar-refractivity contribution >= 4 is 27.8 Å². The van der Waals surface area contributed by atoms with Gasteiger partial charge in [0, 0.05) is 24.2 Å². The number of anilines is 1. The topological polar surface area (TPSA) is 24.8 Å². The first-order valence-electron chi connectivity index (χ1n) is 4.58. The second-order valence-corrected chi connectivity index (χ2v) is 3.96. The van der Waals surface area contributed by atoms with E-state index in [2.05, 4.69) is 25.8 Å². The summed E-state index contributed by atoms with van der Waals surface area (Å²) in [5.74, 6) is 0.829. The molecule has 1 aromatic rings. The summed E-state index contributed by atoms with van der Waals surface area (Å²) in [6, 6.07) is 5.98. The molecule has 1 aromatic carbocycles. The van der Waals surface area contributed by atoms with Gasteiger partial charge in [0.25, 0.3) is 0 Å². The standard InChI is InChI=1S/C11H11BrN2O/c1-15-11-7-9(3-4-10(11)12)14-6-2-5-13-8-14/h2-7H,8H2,1H3. The van der Waals surface area contributed by atoms with Crippen LogP contribution in [0.3, 0.4) is 0 Å². The van der Waals surface area contributed by atoms with Crippen molar-refractivity contribution in [3.05, 3.63) is 34.9 Å². The summed E-state index contributed by atoms with van der Waals surface area (Å²) in [5, 5.41) is 0. The number of hydrogen-bond donors (Lipinski definition) is 0. The molecule has 0 radical (unpaired) electrons. The van der Waals surface area contributed by atoms with Crippen LogP contribution in [0.5, 0.6) is 5.75 Å². The van der Waals surface area contributed by atoms with Gasteiger partial charge >= 0.3 is 0 Å². The molecule has 0 saturated heterocycles. The molecule has 0 bridgehead atoms. The number of nitrogens with zero attached hydrogens (tertiary/aromatic N) is 2. The van der Waals surface area contributed by atoms with Crippen molar-refractivity contribution in [2.24, 2.45) is 4.99 Å². The number of rotatable bonds is 2. The molecule has 0 atom stereocenters. The molecule has 1 aliphatic heterocycles. The number of methoxy groups -OCH3 is 1. The fourth-order valence-electron chi connectivity index (χ4n) is 1.38. The summed E-state index contributed by atoms with van der Waals surface area (Å²) in [4.78, 5) is 6.22. The molecular weight excluding hydrogens is 256 g/mol. The summed E-state index contributed by atoms with van der Waals surface area (Å²) >= 11 is 3.42. The average molecular weight is 267 g/mol. The Morgan fingerprint density at radius 2 is 2.33 bits per heavy atom. The van der Waals surface area contributed by atoms with E-state index in [4.69, 9.17) is 4.74 Å². The van der Waals surface area contributed by atoms with E-state index in [0.29, 0.717) is 6.67 Å². The highest BCUT2D eigenvalue weighted by Gasteiger charge is 2.07. The zero-order valence-electron chi connectivity index (χ0n) is 8.35. The maximum atomic E-state index is 5.24. The van der Waals surface area contributed by atoms with E-state index >= 15 is 0 Å². The molecule has 2 rings (SSSR count). The fourth-order valence-corrected chi connectivity index (χ4v) is 1.79. The molecular formula is C11H11BrN2O. The minimum atomic E-state index is 0.654. The monoisotopic (exact) mass is 266 g/mol. The van der Waals surface area contributed by atoms with E-state index in [1.807, 2.05) is 30.5 Å². The Labute approximate surface area is 97.2 Å². The molecule has 0 unspecified atom stereocenters. The number of hydrogen-bond acceptors (Lipinski definition) is 3. The van der Waals surface area contributed by atoms with Crippen LogP contribution in [0.25, 0.3) is 0 Å². The van der Waals surface area contributed by atoms with Crippen molar-refractivity contribution in [1.82, 2.24) is 0 Å². The highest BCUT2D eigenvalue weighted by atomic mass is 79.9. The van der Waals surface area contributed by atoms with Crippen LogP contribution in [0, 0.1) is 0 Å². The first-order chi connectivity index (χ1) is 7.31. The van der Waals surface area contributed by atoms with Crippen molar-refractivity contribution in [2.75, 3.05) is 18.7 Å². The molecule has 3 nitrogen and oxygen atoms in total. The SMILES string of the molecule is COc1cc(N2C=CC=NC2)ccc1Br. The summed E-state index contributed by atoms with van der Waals surface area (Å²) < 4.78 is 6.20. The lowest BCUT2D eigenvalue weighted by atomic mass is 10.3. The summed E-state index contributed by atoms with van der Waals surface area (Å²) in [6.07, 6.45) is 5.71. The van der Waals surface area contributed by atoms with E-state index < -0.39 is 0 Å². The lowest BCUT2D eigenvalue weighted by Gasteiger charge is -2.20. The third kappa shape index (κ3) is 2.21. The van der Waals surface area contributed by atoms with Crippen LogP contribution < -0.4 is 9.64 Å². The maximum Gasteiger partial charge on any atom is 0.135 e. The Morgan fingerprint density at radius 3 is 3.00 bits per heavy atom. The maximum absolute atomic E-state index is 5.24. The minimum Gasteiger partial charge on any atom is -0.495 e. The fraction of sp³-hybridized carbons (Fsp3) is 0.182. The quantitative estimate of drug-likeness (QED) is 0.823. The van der Waals surface area contributed by atoms with Gasteiger partial charge in [0.2, 0.25) is 0 Å². The third-order valence-electron chi connectivity index (χ3n) is 2.16.